The molecule has 4 aromatic carbocycles. The van der Waals surface area contributed by atoms with Gasteiger partial charge < -0.3 is 4.57 Å². The summed E-state index contributed by atoms with van der Waals surface area (Å²) >= 11 is 0. The molecule has 146 valence electrons. The SMILES string of the molecule is O=P(c1ccccc1)(c1ccccc1)C(c1ccccc1)n1nnc2ccccc21. The van der Waals surface area contributed by atoms with Gasteiger partial charge in [-0.15, -0.1) is 5.10 Å². The Morgan fingerprint density at radius 3 is 1.73 bits per heavy atom. The van der Waals surface area contributed by atoms with Crippen molar-refractivity contribution in [3.63, 3.8) is 0 Å². The van der Waals surface area contributed by atoms with E-state index in [4.69, 9.17) is 0 Å². The van der Waals surface area contributed by atoms with Crippen molar-refractivity contribution < 1.29 is 4.57 Å². The first kappa shape index (κ1) is 18.5. The van der Waals surface area contributed by atoms with Crippen LogP contribution in [-0.2, 0) is 4.57 Å². The summed E-state index contributed by atoms with van der Waals surface area (Å²) in [5.74, 6) is -0.518. The van der Waals surface area contributed by atoms with Crippen molar-refractivity contribution in [1.29, 1.82) is 0 Å². The fraction of sp³-hybridized carbons (Fsp3) is 0.0400. The molecule has 0 spiro atoms. The molecule has 0 bridgehead atoms. The Balaban J connectivity index is 1.86. The van der Waals surface area contributed by atoms with Crippen molar-refractivity contribution in [3.8, 4) is 0 Å². The molecule has 1 unspecified atom stereocenters. The van der Waals surface area contributed by atoms with E-state index in [2.05, 4.69) is 10.3 Å². The normalized spacial score (nSPS) is 12.7. The fourth-order valence-corrected chi connectivity index (χ4v) is 7.09. The summed E-state index contributed by atoms with van der Waals surface area (Å²) in [6, 6.07) is 37.2. The fourth-order valence-electron chi connectivity index (χ4n) is 3.93. The van der Waals surface area contributed by atoms with Crippen LogP contribution in [0, 0.1) is 0 Å². The van der Waals surface area contributed by atoms with Crippen molar-refractivity contribution in [2.24, 2.45) is 0 Å². The van der Waals surface area contributed by atoms with Crippen LogP contribution in [-0.4, -0.2) is 15.0 Å². The molecule has 30 heavy (non-hydrogen) atoms. The highest BCUT2D eigenvalue weighted by Crippen LogP contribution is 2.57. The lowest BCUT2D eigenvalue weighted by atomic mass is 10.2. The van der Waals surface area contributed by atoms with Gasteiger partial charge in [-0.1, -0.05) is 108 Å². The van der Waals surface area contributed by atoms with Crippen LogP contribution in [0.5, 0.6) is 0 Å². The zero-order valence-corrected chi connectivity index (χ0v) is 17.1. The molecule has 0 saturated carbocycles. The molecule has 0 N–H and O–H groups in total. The Hall–Kier alpha value is -3.49. The van der Waals surface area contributed by atoms with Crippen molar-refractivity contribution in [1.82, 2.24) is 15.0 Å². The van der Waals surface area contributed by atoms with Gasteiger partial charge in [0.15, 0.2) is 7.14 Å². The second-order valence-corrected chi connectivity index (χ2v) is 9.97. The molecule has 0 fully saturated rings. The largest absolute Gasteiger partial charge is 0.311 e. The van der Waals surface area contributed by atoms with E-state index in [1.165, 1.54) is 0 Å². The quantitative estimate of drug-likeness (QED) is 0.384. The van der Waals surface area contributed by atoms with Crippen molar-refractivity contribution in [2.75, 3.05) is 0 Å². The number of fused-ring (bicyclic) bond motifs is 1. The summed E-state index contributed by atoms with van der Waals surface area (Å²) in [4.78, 5) is 0. The highest BCUT2D eigenvalue weighted by Gasteiger charge is 2.40. The van der Waals surface area contributed by atoms with E-state index in [1.807, 2.05) is 120 Å². The number of rotatable bonds is 5. The average Bonchev–Trinajstić information content (AvgIpc) is 3.25. The van der Waals surface area contributed by atoms with Crippen LogP contribution in [0.4, 0.5) is 0 Å². The molecule has 0 amide bonds. The van der Waals surface area contributed by atoms with Gasteiger partial charge in [-0.2, -0.15) is 0 Å². The van der Waals surface area contributed by atoms with Gasteiger partial charge in [0.2, 0.25) is 0 Å². The number of nitrogens with zero attached hydrogens (tertiary/aromatic N) is 3. The van der Waals surface area contributed by atoms with Crippen LogP contribution < -0.4 is 10.6 Å². The topological polar surface area (TPSA) is 47.8 Å². The van der Waals surface area contributed by atoms with E-state index < -0.39 is 12.9 Å². The maximum absolute atomic E-state index is 15.2. The molecule has 5 rings (SSSR count). The maximum atomic E-state index is 15.2. The minimum Gasteiger partial charge on any atom is -0.311 e. The lowest BCUT2D eigenvalue weighted by Crippen LogP contribution is -2.26. The Bertz CT molecular complexity index is 1270. The Morgan fingerprint density at radius 2 is 1.13 bits per heavy atom. The van der Waals surface area contributed by atoms with Gasteiger partial charge in [-0.3, -0.25) is 0 Å². The minimum absolute atomic E-state index is 0.518. The standard InChI is InChI=1S/C25H20N3OP/c29-30(21-14-6-2-7-15-21,22-16-8-3-9-17-22)25(20-12-4-1-5-13-20)28-24-19-11-10-18-23(24)26-27-28/h1-19,25H. The smallest absolute Gasteiger partial charge is 0.171 e. The third-order valence-electron chi connectivity index (χ3n) is 5.33. The molecule has 0 aliphatic carbocycles. The van der Waals surface area contributed by atoms with E-state index in [1.54, 1.807) is 0 Å². The molecular weight excluding hydrogens is 389 g/mol. The first-order valence-corrected chi connectivity index (χ1v) is 11.6. The van der Waals surface area contributed by atoms with Crippen LogP contribution in [0.2, 0.25) is 0 Å². The van der Waals surface area contributed by atoms with E-state index in [0.29, 0.717) is 0 Å². The highest BCUT2D eigenvalue weighted by atomic mass is 31.2. The van der Waals surface area contributed by atoms with Crippen molar-refractivity contribution in [2.45, 2.75) is 5.78 Å². The number of hydrogen-bond acceptors (Lipinski definition) is 3. The van der Waals surface area contributed by atoms with Gasteiger partial charge in [0, 0.05) is 10.6 Å². The molecule has 0 aliphatic rings. The highest BCUT2D eigenvalue weighted by molar-refractivity contribution is 7.79. The van der Waals surface area contributed by atoms with E-state index >= 15 is 4.57 Å². The molecule has 1 heterocycles. The molecule has 1 atom stereocenters. The molecule has 0 saturated heterocycles. The summed E-state index contributed by atoms with van der Waals surface area (Å²) < 4.78 is 17.0. The molecule has 0 radical (unpaired) electrons. The average molecular weight is 409 g/mol. The Labute approximate surface area is 175 Å². The van der Waals surface area contributed by atoms with Crippen LogP contribution in [0.3, 0.4) is 0 Å². The lowest BCUT2D eigenvalue weighted by Gasteiger charge is -2.29. The number of hydrogen-bond donors (Lipinski definition) is 0. The third kappa shape index (κ3) is 3.06. The van der Waals surface area contributed by atoms with E-state index in [-0.39, 0.29) is 0 Å². The second kappa shape index (κ2) is 7.74. The summed E-state index contributed by atoms with van der Waals surface area (Å²) in [6.45, 7) is 0. The number of aromatic nitrogens is 3. The predicted octanol–water partition coefficient (Wildman–Crippen LogP) is 4.99. The molecule has 1 aromatic heterocycles. The van der Waals surface area contributed by atoms with Crippen LogP contribution in [0.25, 0.3) is 11.0 Å². The molecule has 4 nitrogen and oxygen atoms in total. The second-order valence-electron chi connectivity index (χ2n) is 7.14. The monoisotopic (exact) mass is 409 g/mol. The maximum Gasteiger partial charge on any atom is 0.171 e. The van der Waals surface area contributed by atoms with Gasteiger partial charge in [0.05, 0.1) is 5.52 Å². The summed E-state index contributed by atoms with van der Waals surface area (Å²) in [6.07, 6.45) is 0. The van der Waals surface area contributed by atoms with Crippen LogP contribution in [0.1, 0.15) is 11.3 Å². The summed E-state index contributed by atoms with van der Waals surface area (Å²) in [5.41, 5.74) is 2.58. The lowest BCUT2D eigenvalue weighted by molar-refractivity contribution is 0.555. The van der Waals surface area contributed by atoms with Gasteiger partial charge in [-0.25, -0.2) is 4.68 Å². The number of benzene rings is 4. The predicted molar refractivity (Wildman–Crippen MR) is 122 cm³/mol. The Morgan fingerprint density at radius 1 is 0.633 bits per heavy atom. The molecule has 5 aromatic rings. The zero-order valence-electron chi connectivity index (χ0n) is 16.2. The summed E-state index contributed by atoms with van der Waals surface area (Å²) in [7, 11) is -3.19. The van der Waals surface area contributed by atoms with Crippen LogP contribution in [0.15, 0.2) is 115 Å². The number of para-hydroxylation sites is 1. The molecular formula is C25H20N3OP. The van der Waals surface area contributed by atoms with E-state index in [9.17, 15) is 0 Å². The molecule has 5 heteroatoms. The van der Waals surface area contributed by atoms with Crippen LogP contribution >= 0.6 is 7.14 Å². The van der Waals surface area contributed by atoms with Gasteiger partial charge in [0.1, 0.15) is 11.3 Å². The van der Waals surface area contributed by atoms with Gasteiger partial charge in [-0.05, 0) is 17.7 Å². The Kier molecular flexibility index (Phi) is 4.78. The third-order valence-corrected chi connectivity index (χ3v) is 8.67. The first-order valence-electron chi connectivity index (χ1n) is 9.84. The molecule has 0 aliphatic heterocycles. The first-order chi connectivity index (χ1) is 14.8. The summed E-state index contributed by atoms with van der Waals surface area (Å²) in [5, 5.41) is 10.4. The minimum atomic E-state index is -3.19. The van der Waals surface area contributed by atoms with Crippen molar-refractivity contribution in [3.05, 3.63) is 121 Å². The van der Waals surface area contributed by atoms with Crippen molar-refractivity contribution >= 4 is 28.8 Å². The van der Waals surface area contributed by atoms with Gasteiger partial charge >= 0.3 is 0 Å². The van der Waals surface area contributed by atoms with Gasteiger partial charge in [0.25, 0.3) is 0 Å². The van der Waals surface area contributed by atoms with E-state index in [0.717, 1.165) is 27.2 Å². The zero-order chi connectivity index (χ0) is 20.4.